The van der Waals surface area contributed by atoms with Gasteiger partial charge < -0.3 is 0 Å². The topological polar surface area (TPSA) is 85.2 Å². The molecule has 0 bridgehead atoms. The lowest BCUT2D eigenvalue weighted by Gasteiger charge is -2.08. The molecule has 5 rings (SSSR count). The highest BCUT2D eigenvalue weighted by Crippen LogP contribution is 2.24. The second-order valence-electron chi connectivity index (χ2n) is 6.21. The number of nitrogens with zero attached hydrogens (tertiary/aromatic N) is 6. The second kappa shape index (κ2) is 5.73. The number of aromatic nitrogens is 7. The zero-order chi connectivity index (χ0) is 17.5. The van der Waals surface area contributed by atoms with E-state index in [-0.39, 0.29) is 0 Å². The van der Waals surface area contributed by atoms with Crippen molar-refractivity contribution in [2.45, 2.75) is 13.5 Å². The number of fused-ring (bicyclic) bond motifs is 2. The molecule has 0 atom stereocenters. The lowest BCUT2D eigenvalue weighted by atomic mass is 10.0. The van der Waals surface area contributed by atoms with Gasteiger partial charge in [0.25, 0.3) is 0 Å². The molecule has 7 heteroatoms. The molecule has 0 radical (unpaired) electrons. The van der Waals surface area contributed by atoms with Crippen LogP contribution in [0.5, 0.6) is 0 Å². The molecule has 5 aromatic rings. The van der Waals surface area contributed by atoms with Crippen molar-refractivity contribution in [3.8, 4) is 11.4 Å². The Hall–Kier alpha value is -3.61. The van der Waals surface area contributed by atoms with E-state index in [4.69, 9.17) is 5.10 Å². The molecule has 1 N–H and O–H groups in total. The van der Waals surface area contributed by atoms with Crippen molar-refractivity contribution in [2.24, 2.45) is 0 Å². The predicted molar refractivity (Wildman–Crippen MR) is 98.5 cm³/mol. The molecule has 0 spiro atoms. The van der Waals surface area contributed by atoms with E-state index in [1.54, 1.807) is 6.20 Å². The molecule has 0 saturated carbocycles. The van der Waals surface area contributed by atoms with E-state index in [1.165, 1.54) is 16.3 Å². The molecule has 0 aliphatic carbocycles. The van der Waals surface area contributed by atoms with E-state index in [1.807, 2.05) is 17.7 Å². The molecule has 0 unspecified atom stereocenters. The van der Waals surface area contributed by atoms with Gasteiger partial charge in [-0.15, -0.1) is 10.2 Å². The molecule has 0 amide bonds. The van der Waals surface area contributed by atoms with Crippen molar-refractivity contribution in [1.29, 1.82) is 0 Å². The normalized spacial score (nSPS) is 11.4. The predicted octanol–water partition coefficient (Wildman–Crippen LogP) is 3.12. The van der Waals surface area contributed by atoms with Crippen LogP contribution in [-0.4, -0.2) is 35.4 Å². The van der Waals surface area contributed by atoms with Gasteiger partial charge in [0, 0.05) is 11.8 Å². The molecule has 2 aromatic carbocycles. The fourth-order valence-electron chi connectivity index (χ4n) is 3.33. The average Bonchev–Trinajstić information content (AvgIpc) is 3.31. The van der Waals surface area contributed by atoms with Gasteiger partial charge in [0.1, 0.15) is 5.52 Å². The lowest BCUT2D eigenvalue weighted by Crippen LogP contribution is -2.02. The smallest absolute Gasteiger partial charge is 0.206 e. The highest BCUT2D eigenvalue weighted by molar-refractivity contribution is 5.86. The molecule has 0 fully saturated rings. The van der Waals surface area contributed by atoms with E-state index in [9.17, 15) is 0 Å². The number of nitrogens with one attached hydrogen (secondary N) is 1. The minimum atomic E-state index is 0.523. The minimum Gasteiger partial charge on any atom is -0.258 e. The first-order valence-corrected chi connectivity index (χ1v) is 8.33. The van der Waals surface area contributed by atoms with Gasteiger partial charge in [-0.25, -0.2) is 0 Å². The lowest BCUT2D eigenvalue weighted by molar-refractivity contribution is 0.707. The molecule has 0 saturated heterocycles. The summed E-state index contributed by atoms with van der Waals surface area (Å²) < 4.78 is 1.99. The molecule has 0 aliphatic heterocycles. The van der Waals surface area contributed by atoms with E-state index in [0.717, 1.165) is 22.3 Å². The highest BCUT2D eigenvalue weighted by atomic mass is 15.5. The number of rotatable bonds is 3. The van der Waals surface area contributed by atoms with Crippen LogP contribution in [0.1, 0.15) is 11.3 Å². The van der Waals surface area contributed by atoms with E-state index in [2.05, 4.69) is 68.1 Å². The van der Waals surface area contributed by atoms with Gasteiger partial charge in [0.2, 0.25) is 5.82 Å². The molecule has 3 heterocycles. The molecule has 0 aliphatic rings. The van der Waals surface area contributed by atoms with Crippen molar-refractivity contribution < 1.29 is 0 Å². The Morgan fingerprint density at radius 3 is 2.85 bits per heavy atom. The van der Waals surface area contributed by atoms with Crippen LogP contribution in [0.3, 0.4) is 0 Å². The quantitative estimate of drug-likeness (QED) is 0.545. The number of aromatic amines is 1. The molecular weight excluding hydrogens is 326 g/mol. The Bertz CT molecular complexity index is 1220. The molecule has 26 heavy (non-hydrogen) atoms. The monoisotopic (exact) mass is 341 g/mol. The number of aryl methyl sites for hydroxylation is 1. The van der Waals surface area contributed by atoms with Crippen LogP contribution in [0, 0.1) is 6.92 Å². The van der Waals surface area contributed by atoms with Gasteiger partial charge in [0.05, 0.1) is 17.8 Å². The average molecular weight is 341 g/mol. The number of hydrogen-bond donors (Lipinski definition) is 1. The number of hydrogen-bond acceptors (Lipinski definition) is 5. The summed E-state index contributed by atoms with van der Waals surface area (Å²) >= 11 is 0. The standard InChI is InChI=1S/C19H15N7/c1-12-18-17(9-15(10-20-18)19-21-24-25-22-19)26(23-12)11-14-7-4-6-13-5-2-3-8-16(13)14/h2-10H,11H2,1H3,(H,21,22,24,25). The summed E-state index contributed by atoms with van der Waals surface area (Å²) in [5.74, 6) is 0.523. The SMILES string of the molecule is Cc1nn(Cc2cccc3ccccc23)c2cc(-c3nn[nH]n3)cnc12. The Morgan fingerprint density at radius 2 is 1.96 bits per heavy atom. The van der Waals surface area contributed by atoms with Gasteiger partial charge in [0.15, 0.2) is 0 Å². The maximum atomic E-state index is 4.70. The number of H-pyrrole nitrogens is 1. The minimum absolute atomic E-state index is 0.523. The van der Waals surface area contributed by atoms with Crippen LogP contribution < -0.4 is 0 Å². The molecular formula is C19H15N7. The number of benzene rings is 2. The van der Waals surface area contributed by atoms with E-state index in [0.29, 0.717) is 12.4 Å². The van der Waals surface area contributed by atoms with Crippen LogP contribution in [0.4, 0.5) is 0 Å². The van der Waals surface area contributed by atoms with Gasteiger partial charge in [-0.2, -0.15) is 10.3 Å². The first-order valence-electron chi connectivity index (χ1n) is 8.33. The van der Waals surface area contributed by atoms with Crippen LogP contribution >= 0.6 is 0 Å². The second-order valence-corrected chi connectivity index (χ2v) is 6.21. The van der Waals surface area contributed by atoms with Gasteiger partial charge in [-0.3, -0.25) is 9.67 Å². The first-order chi connectivity index (χ1) is 12.8. The first kappa shape index (κ1) is 14.7. The van der Waals surface area contributed by atoms with Gasteiger partial charge in [-0.05, 0) is 34.5 Å². The van der Waals surface area contributed by atoms with Crippen molar-refractivity contribution in [3.05, 3.63) is 66.0 Å². The Labute approximate surface area is 148 Å². The molecule has 7 nitrogen and oxygen atoms in total. The van der Waals surface area contributed by atoms with Crippen LogP contribution in [-0.2, 0) is 6.54 Å². The summed E-state index contributed by atoms with van der Waals surface area (Å²) in [6.07, 6.45) is 1.75. The van der Waals surface area contributed by atoms with E-state index < -0.39 is 0 Å². The third kappa shape index (κ3) is 2.33. The Kier molecular flexibility index (Phi) is 3.24. The number of pyridine rings is 1. The Morgan fingerprint density at radius 1 is 1.08 bits per heavy atom. The van der Waals surface area contributed by atoms with Crippen molar-refractivity contribution in [3.63, 3.8) is 0 Å². The summed E-state index contributed by atoms with van der Waals surface area (Å²) in [7, 11) is 0. The number of tetrazole rings is 1. The van der Waals surface area contributed by atoms with Gasteiger partial charge in [-0.1, -0.05) is 42.5 Å². The third-order valence-corrected chi connectivity index (χ3v) is 4.56. The van der Waals surface area contributed by atoms with Crippen molar-refractivity contribution in [1.82, 2.24) is 35.4 Å². The maximum absolute atomic E-state index is 4.70. The summed E-state index contributed by atoms with van der Waals surface area (Å²) in [6, 6.07) is 16.8. The summed E-state index contributed by atoms with van der Waals surface area (Å²) in [4.78, 5) is 4.56. The van der Waals surface area contributed by atoms with Crippen LogP contribution in [0.25, 0.3) is 33.2 Å². The van der Waals surface area contributed by atoms with E-state index >= 15 is 0 Å². The third-order valence-electron chi connectivity index (χ3n) is 4.56. The largest absolute Gasteiger partial charge is 0.258 e. The summed E-state index contributed by atoms with van der Waals surface area (Å²) in [6.45, 7) is 2.64. The Balaban J connectivity index is 1.65. The van der Waals surface area contributed by atoms with Crippen LogP contribution in [0.15, 0.2) is 54.7 Å². The fourth-order valence-corrected chi connectivity index (χ4v) is 3.33. The highest BCUT2D eigenvalue weighted by Gasteiger charge is 2.13. The van der Waals surface area contributed by atoms with Crippen LogP contribution in [0.2, 0.25) is 0 Å². The summed E-state index contributed by atoms with van der Waals surface area (Å²) in [5.41, 5.74) is 4.78. The van der Waals surface area contributed by atoms with Gasteiger partial charge >= 0.3 is 0 Å². The molecule has 3 aromatic heterocycles. The maximum Gasteiger partial charge on any atom is 0.206 e. The summed E-state index contributed by atoms with van der Waals surface area (Å²) in [5, 5.41) is 21.3. The zero-order valence-electron chi connectivity index (χ0n) is 14.1. The molecule has 126 valence electrons. The zero-order valence-corrected chi connectivity index (χ0v) is 14.1. The fraction of sp³-hybridized carbons (Fsp3) is 0.105. The van der Waals surface area contributed by atoms with Crippen molar-refractivity contribution >= 4 is 21.8 Å². The van der Waals surface area contributed by atoms with Crippen molar-refractivity contribution in [2.75, 3.05) is 0 Å².